The van der Waals surface area contributed by atoms with Crippen molar-refractivity contribution in [1.82, 2.24) is 10.3 Å². The van der Waals surface area contributed by atoms with Crippen molar-refractivity contribution in [3.8, 4) is 16.9 Å². The molecule has 0 spiro atoms. The van der Waals surface area contributed by atoms with Crippen LogP contribution in [0, 0.1) is 22.0 Å². The van der Waals surface area contributed by atoms with Crippen molar-refractivity contribution < 1.29 is 43.0 Å². The number of aromatic nitrogens is 1. The number of carbonyl (C=O) groups is 4. The van der Waals surface area contributed by atoms with Crippen LogP contribution in [0.5, 0.6) is 5.75 Å². The maximum absolute atomic E-state index is 14.6. The van der Waals surface area contributed by atoms with Crippen molar-refractivity contribution in [2.45, 2.75) is 127 Å². The fourth-order valence-electron chi connectivity index (χ4n) is 8.01. The number of hydrogen-bond acceptors (Lipinski definition) is 13. The van der Waals surface area contributed by atoms with Crippen molar-refractivity contribution >= 4 is 62.5 Å². The second-order valence-corrected chi connectivity index (χ2v) is 20.9. The van der Waals surface area contributed by atoms with Crippen LogP contribution in [0.15, 0.2) is 83.6 Å². The van der Waals surface area contributed by atoms with Gasteiger partial charge in [0.1, 0.15) is 34.8 Å². The number of alkyl carbamates (subject to hydrolysis) is 1. The Balaban J connectivity index is 1.25. The van der Waals surface area contributed by atoms with E-state index in [9.17, 15) is 29.3 Å². The predicted molar refractivity (Wildman–Crippen MR) is 253 cm³/mol. The average Bonchev–Trinajstić information content (AvgIpc) is 3.97. The second kappa shape index (κ2) is 20.8. The number of anilines is 2. The van der Waals surface area contributed by atoms with Gasteiger partial charge in [-0.3, -0.25) is 24.5 Å². The zero-order valence-electron chi connectivity index (χ0n) is 38.4. The van der Waals surface area contributed by atoms with Gasteiger partial charge in [-0.05, 0) is 99.2 Å². The van der Waals surface area contributed by atoms with Crippen LogP contribution in [0.3, 0.4) is 0 Å². The number of ether oxygens (including phenoxy) is 4. The molecule has 17 heteroatoms. The lowest BCUT2D eigenvalue weighted by atomic mass is 9.85. The lowest BCUT2D eigenvalue weighted by Gasteiger charge is -2.33. The predicted octanol–water partition coefficient (Wildman–Crippen LogP) is 9.63. The van der Waals surface area contributed by atoms with Crippen LogP contribution in [0.1, 0.15) is 86.1 Å². The average molecular weight is 930 g/mol. The molecule has 0 saturated carbocycles. The monoisotopic (exact) mass is 929 g/mol. The van der Waals surface area contributed by atoms with E-state index in [0.29, 0.717) is 53.4 Å². The Kier molecular flexibility index (Phi) is 15.7. The number of nitrogens with zero attached hydrogens (tertiary/aromatic N) is 3. The first-order chi connectivity index (χ1) is 30.8. The minimum atomic E-state index is -1.01. The van der Waals surface area contributed by atoms with Gasteiger partial charge in [-0.15, -0.1) is 0 Å². The number of amides is 3. The van der Waals surface area contributed by atoms with Crippen LogP contribution in [0.4, 0.5) is 21.9 Å². The fourth-order valence-corrected chi connectivity index (χ4v) is 10.2. The maximum atomic E-state index is 14.6. The summed E-state index contributed by atoms with van der Waals surface area (Å²) < 4.78 is 23.9. The molecule has 65 heavy (non-hydrogen) atoms. The molecule has 2 N–H and O–H groups in total. The number of nitro groups is 1. The summed E-state index contributed by atoms with van der Waals surface area (Å²) in [6, 6.07) is 14.2. The van der Waals surface area contributed by atoms with Crippen LogP contribution in [0.25, 0.3) is 11.1 Å². The molecule has 4 bridgehead atoms. The molecule has 1 aromatic heterocycles. The van der Waals surface area contributed by atoms with Gasteiger partial charge in [0, 0.05) is 53.9 Å². The summed E-state index contributed by atoms with van der Waals surface area (Å²) in [6.07, 6.45) is 7.36. The molecule has 348 valence electrons. The lowest BCUT2D eigenvalue weighted by Crippen LogP contribution is -2.49. The highest BCUT2D eigenvalue weighted by Gasteiger charge is 2.63. The normalized spacial score (nSPS) is 25.0. The highest BCUT2D eigenvalue weighted by atomic mass is 33.1. The number of allylic oxidation sites excluding steroid dienone is 3. The first kappa shape index (κ1) is 49.1. The third kappa shape index (κ3) is 12.5. The molecular formula is C48H59N5O10S2. The molecule has 2 fully saturated rings. The summed E-state index contributed by atoms with van der Waals surface area (Å²) in [5.74, 6) is -1.08. The Morgan fingerprint density at radius 2 is 1.89 bits per heavy atom. The minimum absolute atomic E-state index is 0.0707. The van der Waals surface area contributed by atoms with E-state index >= 15 is 0 Å². The summed E-state index contributed by atoms with van der Waals surface area (Å²) in [4.78, 5) is 69.9. The molecule has 0 radical (unpaired) electrons. The Morgan fingerprint density at radius 3 is 2.55 bits per heavy atom. The molecule has 2 aromatic carbocycles. The molecular weight excluding hydrogens is 871 g/mol. The van der Waals surface area contributed by atoms with E-state index in [0.717, 1.165) is 16.7 Å². The van der Waals surface area contributed by atoms with Gasteiger partial charge < -0.3 is 34.5 Å². The van der Waals surface area contributed by atoms with Gasteiger partial charge in [0.25, 0.3) is 5.69 Å². The molecule has 0 aliphatic carbocycles. The fraction of sp³-hybridized carbons (Fsp3) is 0.479. The molecule has 3 aliphatic heterocycles. The number of benzene rings is 2. The first-order valence-electron chi connectivity index (χ1n) is 21.8. The van der Waals surface area contributed by atoms with Gasteiger partial charge in [-0.2, -0.15) is 0 Å². The largest absolute Gasteiger partial charge is 0.496 e. The summed E-state index contributed by atoms with van der Waals surface area (Å²) in [7, 11) is 6.23. The van der Waals surface area contributed by atoms with Crippen LogP contribution in [0.2, 0.25) is 0 Å². The van der Waals surface area contributed by atoms with Crippen molar-refractivity contribution in [1.29, 1.82) is 0 Å². The third-order valence-corrected chi connectivity index (χ3v) is 15.3. The van der Waals surface area contributed by atoms with Crippen molar-refractivity contribution in [3.63, 3.8) is 0 Å². The number of hydrogen-bond donors (Lipinski definition) is 2. The first-order valence-corrected chi connectivity index (χ1v) is 23.9. The summed E-state index contributed by atoms with van der Waals surface area (Å²) in [5, 5.41) is 17.5. The smallest absolute Gasteiger partial charge is 0.407 e. The minimum Gasteiger partial charge on any atom is -0.496 e. The van der Waals surface area contributed by atoms with E-state index in [1.54, 1.807) is 49.8 Å². The third-order valence-electron chi connectivity index (χ3n) is 12.0. The molecule has 6 rings (SSSR count). The Hall–Kier alpha value is -5.39. The van der Waals surface area contributed by atoms with Crippen LogP contribution in [-0.4, -0.2) is 82.6 Å². The Labute approximate surface area is 388 Å². The standard InChI is InChI=1S/C48H59N5O10S2/c1-28(2)45(56)62-39-26-42(55)52(8)36-23-31(22-29(3)12-10-11-13-34-25-37(61-46(57)51-34)30(4)44-48(39,7)63-44)24-38(60-9)43(36)32-14-16-33(17-15-32)50-40(54)20-21-47(5,6)65-64-41-19-18-35(27-49-41)53(58)59/h10-12,14-19,23-24,27-28,30,34,37,39,44H,13,20-22,25-26H2,1-9H3,(H,50,54)(H,51,57)/b11-10+,29-12+/t30-,34+,37+,39+,44+,48+/m1/s1. The number of carbonyl (C=O) groups excluding carboxylic acids is 4. The number of epoxide rings is 1. The van der Waals surface area contributed by atoms with Crippen LogP contribution >= 0.6 is 21.6 Å². The van der Waals surface area contributed by atoms with Crippen LogP contribution < -0.4 is 20.3 Å². The Morgan fingerprint density at radius 1 is 1.15 bits per heavy atom. The van der Waals surface area contributed by atoms with E-state index in [1.807, 2.05) is 89.2 Å². The number of methoxy groups -OCH3 is 1. The number of pyridine rings is 1. The molecule has 3 amide bonds. The summed E-state index contributed by atoms with van der Waals surface area (Å²) in [5.41, 5.74) is 3.46. The zero-order valence-corrected chi connectivity index (χ0v) is 40.0. The second-order valence-electron chi connectivity index (χ2n) is 18.0. The van der Waals surface area contributed by atoms with E-state index in [2.05, 4.69) is 15.6 Å². The van der Waals surface area contributed by atoms with Gasteiger partial charge in [-0.1, -0.05) is 67.5 Å². The van der Waals surface area contributed by atoms with Gasteiger partial charge in [0.2, 0.25) is 11.8 Å². The molecule has 3 aliphatic rings. The highest BCUT2D eigenvalue weighted by molar-refractivity contribution is 8.77. The number of nitrogens with one attached hydrogen (secondary N) is 2. The van der Waals surface area contributed by atoms with Gasteiger partial charge in [0.15, 0.2) is 0 Å². The number of esters is 1. The van der Waals surface area contributed by atoms with Crippen molar-refractivity contribution in [3.05, 3.63) is 94.2 Å². The number of fused-ring (bicyclic) bond motifs is 5. The molecule has 2 saturated heterocycles. The van der Waals surface area contributed by atoms with E-state index in [4.69, 9.17) is 18.9 Å². The summed E-state index contributed by atoms with van der Waals surface area (Å²) >= 11 is 0. The SMILES string of the molecule is COc1cc2cc(c1-c1ccc(NC(=O)CCC(C)(C)SSc3ccc([N+](=O)[O-])cn3)cc1)N(C)C(=O)C[C@H](OC(=O)C(C)C)[C@]1(C)O[C@H]1[C@H](C)[C@@H]1C[C@H](C/C=C/C=C(\C)C2)NC(=O)O1. The van der Waals surface area contributed by atoms with Crippen molar-refractivity contribution in [2.24, 2.45) is 11.8 Å². The van der Waals surface area contributed by atoms with E-state index in [-0.39, 0.29) is 47.1 Å². The molecule has 4 heterocycles. The van der Waals surface area contributed by atoms with Gasteiger partial charge in [-0.25, -0.2) is 9.78 Å². The van der Waals surface area contributed by atoms with E-state index in [1.165, 1.54) is 23.1 Å². The number of rotatable bonds is 12. The molecule has 0 unspecified atom stereocenters. The maximum Gasteiger partial charge on any atom is 0.407 e. The topological polar surface area (TPSA) is 192 Å². The Bertz CT molecular complexity index is 2320. The molecule has 15 nitrogen and oxygen atoms in total. The quantitative estimate of drug-likeness (QED) is 0.0574. The van der Waals surface area contributed by atoms with Crippen molar-refractivity contribution in [2.75, 3.05) is 24.4 Å². The zero-order chi connectivity index (χ0) is 47.2. The van der Waals surface area contributed by atoms with Crippen LogP contribution in [-0.2, 0) is 35.0 Å². The van der Waals surface area contributed by atoms with E-state index < -0.39 is 46.8 Å². The summed E-state index contributed by atoms with van der Waals surface area (Å²) in [6.45, 7) is 13.4. The lowest BCUT2D eigenvalue weighted by molar-refractivity contribution is -0.385. The highest BCUT2D eigenvalue weighted by Crippen LogP contribution is 2.49. The van der Waals surface area contributed by atoms with Gasteiger partial charge in [0.05, 0.1) is 36.2 Å². The van der Waals surface area contributed by atoms with Gasteiger partial charge >= 0.3 is 12.1 Å². The molecule has 3 aromatic rings. The molecule has 6 atom stereocenters.